The fraction of sp³-hybridized carbons (Fsp3) is 0.533. The number of benzene rings is 1. The number of nitriles is 1. The van der Waals surface area contributed by atoms with Crippen molar-refractivity contribution in [3.05, 3.63) is 23.2 Å². The fourth-order valence-corrected chi connectivity index (χ4v) is 2.45. The first-order valence-electron chi connectivity index (χ1n) is 6.76. The molecule has 0 bridgehead atoms. The summed E-state index contributed by atoms with van der Waals surface area (Å²) in [5.74, 6) is 0.779. The second-order valence-corrected chi connectivity index (χ2v) is 5.64. The molecule has 0 aliphatic rings. The summed E-state index contributed by atoms with van der Waals surface area (Å²) >= 11 is 7.12. The Labute approximate surface area is 125 Å². The Morgan fingerprint density at radius 3 is 2.63 bits per heavy atom. The van der Waals surface area contributed by atoms with Gasteiger partial charge in [-0.1, -0.05) is 50.6 Å². The van der Waals surface area contributed by atoms with Crippen molar-refractivity contribution in [3.8, 4) is 11.2 Å². The lowest BCUT2D eigenvalue weighted by molar-refractivity contribution is 0.304. The van der Waals surface area contributed by atoms with Crippen molar-refractivity contribution in [3.63, 3.8) is 0 Å². The molecule has 1 rings (SSSR count). The van der Waals surface area contributed by atoms with Crippen LogP contribution in [0.4, 0.5) is 0 Å². The monoisotopic (exact) mass is 297 g/mol. The van der Waals surface area contributed by atoms with Crippen LogP contribution in [0.1, 0.15) is 45.4 Å². The summed E-state index contributed by atoms with van der Waals surface area (Å²) in [7, 11) is 0. The van der Waals surface area contributed by atoms with Crippen LogP contribution in [-0.4, -0.2) is 6.61 Å². The van der Waals surface area contributed by atoms with Gasteiger partial charge in [-0.05, 0) is 36.4 Å². The standard InChI is InChI=1S/C15H20ClNOS/c1-2-3-4-5-6-7-10-18-13-8-9-15(19-12-17)14(16)11-13/h8-9,11H,2-7,10H2,1H3. The molecule has 19 heavy (non-hydrogen) atoms. The van der Waals surface area contributed by atoms with Crippen LogP contribution in [0.5, 0.6) is 5.75 Å². The summed E-state index contributed by atoms with van der Waals surface area (Å²) in [5, 5.41) is 11.2. The number of thioether (sulfide) groups is 1. The third kappa shape index (κ3) is 6.75. The van der Waals surface area contributed by atoms with Gasteiger partial charge in [-0.2, -0.15) is 5.26 Å². The van der Waals surface area contributed by atoms with Crippen LogP contribution in [0.2, 0.25) is 5.02 Å². The van der Waals surface area contributed by atoms with E-state index in [1.165, 1.54) is 32.1 Å². The topological polar surface area (TPSA) is 33.0 Å². The van der Waals surface area contributed by atoms with Gasteiger partial charge < -0.3 is 4.74 Å². The average Bonchev–Trinajstić information content (AvgIpc) is 2.41. The van der Waals surface area contributed by atoms with Gasteiger partial charge in [-0.15, -0.1) is 0 Å². The van der Waals surface area contributed by atoms with Gasteiger partial charge in [0.2, 0.25) is 0 Å². The first kappa shape index (κ1) is 16.2. The van der Waals surface area contributed by atoms with E-state index in [1.54, 1.807) is 6.07 Å². The molecule has 104 valence electrons. The summed E-state index contributed by atoms with van der Waals surface area (Å²) < 4.78 is 5.65. The van der Waals surface area contributed by atoms with Gasteiger partial charge in [-0.3, -0.25) is 0 Å². The molecule has 0 spiro atoms. The Balaban J connectivity index is 2.23. The summed E-state index contributed by atoms with van der Waals surface area (Å²) in [6.07, 6.45) is 7.51. The van der Waals surface area contributed by atoms with Crippen molar-refractivity contribution in [1.29, 1.82) is 5.26 Å². The third-order valence-electron chi connectivity index (χ3n) is 2.83. The molecule has 2 nitrogen and oxygen atoms in total. The number of hydrogen-bond donors (Lipinski definition) is 0. The van der Waals surface area contributed by atoms with Crippen LogP contribution in [0.3, 0.4) is 0 Å². The average molecular weight is 298 g/mol. The SMILES string of the molecule is CCCCCCCCOc1ccc(SC#N)c(Cl)c1. The lowest BCUT2D eigenvalue weighted by atomic mass is 10.1. The molecule has 1 aromatic carbocycles. The smallest absolute Gasteiger partial charge is 0.138 e. The predicted molar refractivity (Wildman–Crippen MR) is 81.8 cm³/mol. The Kier molecular flexibility index (Phi) is 8.53. The largest absolute Gasteiger partial charge is 0.494 e. The normalized spacial score (nSPS) is 10.2. The van der Waals surface area contributed by atoms with Gasteiger partial charge in [0, 0.05) is 4.90 Å². The lowest BCUT2D eigenvalue weighted by Gasteiger charge is -2.07. The molecule has 0 saturated heterocycles. The van der Waals surface area contributed by atoms with Crippen molar-refractivity contribution in [2.24, 2.45) is 0 Å². The summed E-state index contributed by atoms with van der Waals surface area (Å²) in [4.78, 5) is 0.774. The van der Waals surface area contributed by atoms with Crippen LogP contribution >= 0.6 is 23.4 Å². The Morgan fingerprint density at radius 1 is 1.21 bits per heavy atom. The molecular formula is C15H20ClNOS. The van der Waals surface area contributed by atoms with E-state index in [4.69, 9.17) is 21.6 Å². The quantitative estimate of drug-likeness (QED) is 0.335. The second kappa shape index (κ2) is 10.00. The number of thiocyanates is 1. The summed E-state index contributed by atoms with van der Waals surface area (Å²) in [6, 6.07) is 5.47. The molecule has 0 N–H and O–H groups in total. The Hall–Kier alpha value is -0.850. The van der Waals surface area contributed by atoms with Crippen LogP contribution in [0.15, 0.2) is 23.1 Å². The number of hydrogen-bond acceptors (Lipinski definition) is 3. The van der Waals surface area contributed by atoms with Crippen LogP contribution < -0.4 is 4.74 Å². The van der Waals surface area contributed by atoms with Crippen molar-refractivity contribution >= 4 is 23.4 Å². The van der Waals surface area contributed by atoms with E-state index in [-0.39, 0.29) is 0 Å². The molecule has 0 fully saturated rings. The summed E-state index contributed by atoms with van der Waals surface area (Å²) in [6.45, 7) is 2.95. The number of nitrogens with zero attached hydrogens (tertiary/aromatic N) is 1. The van der Waals surface area contributed by atoms with Gasteiger partial charge in [0.1, 0.15) is 11.2 Å². The van der Waals surface area contributed by atoms with E-state index in [2.05, 4.69) is 6.92 Å². The highest BCUT2D eigenvalue weighted by molar-refractivity contribution is 8.03. The number of rotatable bonds is 9. The van der Waals surface area contributed by atoms with E-state index in [0.29, 0.717) is 5.02 Å². The number of ether oxygens (including phenoxy) is 1. The number of halogens is 1. The third-order valence-corrected chi connectivity index (χ3v) is 3.92. The van der Waals surface area contributed by atoms with E-state index in [1.807, 2.05) is 17.5 Å². The Bertz CT molecular complexity index is 417. The zero-order valence-corrected chi connectivity index (χ0v) is 12.9. The lowest BCUT2D eigenvalue weighted by Crippen LogP contribution is -1.97. The minimum atomic E-state index is 0.576. The molecular weight excluding hydrogens is 278 g/mol. The van der Waals surface area contributed by atoms with Gasteiger partial charge >= 0.3 is 0 Å². The molecule has 0 aromatic heterocycles. The van der Waals surface area contributed by atoms with Crippen molar-refractivity contribution in [1.82, 2.24) is 0 Å². The maximum absolute atomic E-state index is 8.60. The van der Waals surface area contributed by atoms with E-state index in [9.17, 15) is 0 Å². The minimum Gasteiger partial charge on any atom is -0.494 e. The maximum atomic E-state index is 8.60. The van der Waals surface area contributed by atoms with Gasteiger partial charge in [0.05, 0.1) is 11.6 Å². The first-order chi connectivity index (χ1) is 9.27. The first-order valence-corrected chi connectivity index (χ1v) is 7.95. The zero-order chi connectivity index (χ0) is 13.9. The zero-order valence-electron chi connectivity index (χ0n) is 11.3. The fourth-order valence-electron chi connectivity index (χ4n) is 1.78. The molecule has 0 radical (unpaired) electrons. The second-order valence-electron chi connectivity index (χ2n) is 4.40. The number of unbranched alkanes of at least 4 members (excludes halogenated alkanes) is 5. The van der Waals surface area contributed by atoms with Crippen LogP contribution in [0, 0.1) is 10.7 Å². The molecule has 0 atom stereocenters. The van der Waals surface area contributed by atoms with Crippen molar-refractivity contribution < 1.29 is 4.74 Å². The maximum Gasteiger partial charge on any atom is 0.138 e. The highest BCUT2D eigenvalue weighted by Crippen LogP contribution is 2.29. The van der Waals surface area contributed by atoms with Gasteiger partial charge in [-0.25, -0.2) is 0 Å². The van der Waals surface area contributed by atoms with Gasteiger partial charge in [0.25, 0.3) is 0 Å². The minimum absolute atomic E-state index is 0.576. The molecule has 0 saturated carbocycles. The van der Waals surface area contributed by atoms with Crippen molar-refractivity contribution in [2.75, 3.05) is 6.61 Å². The van der Waals surface area contributed by atoms with Crippen molar-refractivity contribution in [2.45, 2.75) is 50.3 Å². The molecule has 0 unspecified atom stereocenters. The van der Waals surface area contributed by atoms with E-state index < -0.39 is 0 Å². The molecule has 0 amide bonds. The molecule has 0 aliphatic heterocycles. The van der Waals surface area contributed by atoms with Gasteiger partial charge in [0.15, 0.2) is 0 Å². The highest BCUT2D eigenvalue weighted by Gasteiger charge is 2.03. The van der Waals surface area contributed by atoms with Crippen LogP contribution in [-0.2, 0) is 0 Å². The van der Waals surface area contributed by atoms with E-state index in [0.717, 1.165) is 35.4 Å². The molecule has 0 aliphatic carbocycles. The highest BCUT2D eigenvalue weighted by atomic mass is 35.5. The molecule has 4 heteroatoms. The van der Waals surface area contributed by atoms with Crippen LogP contribution in [0.25, 0.3) is 0 Å². The summed E-state index contributed by atoms with van der Waals surface area (Å²) in [5.41, 5.74) is 0. The predicted octanol–water partition coefficient (Wildman–Crippen LogP) is 5.65. The molecule has 1 aromatic rings. The van der Waals surface area contributed by atoms with E-state index >= 15 is 0 Å². The Morgan fingerprint density at radius 2 is 1.95 bits per heavy atom. The molecule has 0 heterocycles.